The van der Waals surface area contributed by atoms with Crippen LogP contribution in [-0.2, 0) is 0 Å². The second-order valence-corrected chi connectivity index (χ2v) is 13.5. The van der Waals surface area contributed by atoms with E-state index >= 15 is 0 Å². The van der Waals surface area contributed by atoms with Crippen molar-refractivity contribution in [3.63, 3.8) is 0 Å². The molecule has 52 heavy (non-hydrogen) atoms. The molecule has 0 saturated heterocycles. The number of rotatable bonds is 5. The fourth-order valence-corrected chi connectivity index (χ4v) is 8.09. The first-order valence-electron chi connectivity index (χ1n) is 17.6. The Morgan fingerprint density at radius 2 is 0.750 bits per heavy atom. The third-order valence-corrected chi connectivity index (χ3v) is 10.3. The van der Waals surface area contributed by atoms with Crippen molar-refractivity contribution in [2.24, 2.45) is 0 Å². The van der Waals surface area contributed by atoms with Crippen LogP contribution in [0.2, 0.25) is 0 Å². The number of hydrogen-bond donors (Lipinski definition) is 0. The molecular formula is C48H30B2N2. The first-order chi connectivity index (χ1) is 25.6. The van der Waals surface area contributed by atoms with Crippen molar-refractivity contribution in [1.82, 2.24) is 9.13 Å². The van der Waals surface area contributed by atoms with Crippen LogP contribution in [-0.4, -0.2) is 24.8 Å². The Bertz CT molecular complexity index is 2900. The quantitative estimate of drug-likeness (QED) is 0.163. The highest BCUT2D eigenvalue weighted by Crippen LogP contribution is 2.44. The SMILES string of the molecule is [B]c1ccc2c(c1)c1c(-c3cccc4c3c3cc([B])ccc3n4-c3cc(-c4ccccc4)cc(-c4ccccc4)c3)cccc1n2-c1ccccc1. The summed E-state index contributed by atoms with van der Waals surface area (Å²) in [7, 11) is 13.1. The lowest BCUT2D eigenvalue weighted by Crippen LogP contribution is -2.01. The average molecular weight is 656 g/mol. The molecule has 4 radical (unpaired) electrons. The summed E-state index contributed by atoms with van der Waals surface area (Å²) >= 11 is 0. The Morgan fingerprint density at radius 1 is 0.308 bits per heavy atom. The van der Waals surface area contributed by atoms with Crippen LogP contribution in [0.25, 0.3) is 88.4 Å². The number of para-hydroxylation sites is 1. The van der Waals surface area contributed by atoms with Crippen molar-refractivity contribution < 1.29 is 0 Å². The van der Waals surface area contributed by atoms with E-state index in [1.807, 2.05) is 12.1 Å². The lowest BCUT2D eigenvalue weighted by atomic mass is 9.90. The molecule has 8 aromatic carbocycles. The monoisotopic (exact) mass is 656 g/mol. The van der Waals surface area contributed by atoms with E-state index in [-0.39, 0.29) is 0 Å². The molecule has 0 aliphatic heterocycles. The van der Waals surface area contributed by atoms with Crippen molar-refractivity contribution in [3.8, 4) is 44.8 Å². The van der Waals surface area contributed by atoms with Gasteiger partial charge in [0.05, 0.1) is 22.1 Å². The zero-order valence-corrected chi connectivity index (χ0v) is 28.4. The Kier molecular flexibility index (Phi) is 7.04. The first-order valence-corrected chi connectivity index (χ1v) is 17.6. The van der Waals surface area contributed by atoms with Crippen LogP contribution in [0.4, 0.5) is 0 Å². The Hall–Kier alpha value is -6.51. The van der Waals surface area contributed by atoms with E-state index in [1.165, 1.54) is 16.5 Å². The number of fused-ring (bicyclic) bond motifs is 6. The Balaban J connectivity index is 1.30. The van der Waals surface area contributed by atoms with Crippen LogP contribution in [0.5, 0.6) is 0 Å². The van der Waals surface area contributed by atoms with E-state index in [4.69, 9.17) is 15.7 Å². The van der Waals surface area contributed by atoms with Gasteiger partial charge < -0.3 is 9.13 Å². The van der Waals surface area contributed by atoms with Crippen LogP contribution in [0.1, 0.15) is 0 Å². The molecule has 0 aliphatic rings. The fourth-order valence-electron chi connectivity index (χ4n) is 8.09. The number of aromatic nitrogens is 2. The van der Waals surface area contributed by atoms with Gasteiger partial charge in [0.15, 0.2) is 0 Å². The number of nitrogens with zero attached hydrogens (tertiary/aromatic N) is 2. The van der Waals surface area contributed by atoms with Crippen LogP contribution >= 0.6 is 0 Å². The predicted octanol–water partition coefficient (Wildman–Crippen LogP) is 10.5. The molecule has 10 rings (SSSR count). The van der Waals surface area contributed by atoms with E-state index in [0.29, 0.717) is 0 Å². The molecule has 0 bridgehead atoms. The van der Waals surface area contributed by atoms with Crippen LogP contribution in [0.15, 0.2) is 182 Å². The summed E-state index contributed by atoms with van der Waals surface area (Å²) in [5.74, 6) is 0. The molecule has 0 aliphatic carbocycles. The Labute approximate surface area is 305 Å². The highest BCUT2D eigenvalue weighted by Gasteiger charge is 2.21. The van der Waals surface area contributed by atoms with Gasteiger partial charge in [-0.1, -0.05) is 138 Å². The molecule has 10 aromatic rings. The van der Waals surface area contributed by atoms with Gasteiger partial charge in [-0.25, -0.2) is 0 Å². The van der Waals surface area contributed by atoms with E-state index in [9.17, 15) is 0 Å². The van der Waals surface area contributed by atoms with Crippen LogP contribution in [0.3, 0.4) is 0 Å². The summed E-state index contributed by atoms with van der Waals surface area (Å²) in [5.41, 5.74) is 15.1. The standard InChI is InChI=1S/C48H30B2N2/c49-35-22-24-43-41(29-35)47-39(18-10-20-45(47)51(43)37-16-8-3-9-17-37)40-19-11-21-46-48(40)42-30-36(50)23-25-44(42)52(46)38-27-33(31-12-4-1-5-13-31)26-34(28-38)32-14-6-2-7-15-32/h1-30H. The third-order valence-electron chi connectivity index (χ3n) is 10.3. The minimum atomic E-state index is 0.732. The summed E-state index contributed by atoms with van der Waals surface area (Å²) in [6, 6.07) is 64.5. The molecule has 0 fully saturated rings. The van der Waals surface area contributed by atoms with E-state index < -0.39 is 0 Å². The second kappa shape index (κ2) is 12.1. The topological polar surface area (TPSA) is 9.86 Å². The van der Waals surface area contributed by atoms with E-state index in [0.717, 1.165) is 82.8 Å². The zero-order chi connectivity index (χ0) is 34.8. The van der Waals surface area contributed by atoms with Gasteiger partial charge in [0.2, 0.25) is 0 Å². The lowest BCUT2D eigenvalue weighted by Gasteiger charge is -2.14. The molecule has 0 unspecified atom stereocenters. The van der Waals surface area contributed by atoms with Crippen LogP contribution in [0, 0.1) is 0 Å². The van der Waals surface area contributed by atoms with E-state index in [2.05, 4.69) is 179 Å². The zero-order valence-electron chi connectivity index (χ0n) is 28.4. The largest absolute Gasteiger partial charge is 0.309 e. The summed E-state index contributed by atoms with van der Waals surface area (Å²) in [5, 5.41) is 4.56. The van der Waals surface area contributed by atoms with Crippen molar-refractivity contribution >= 4 is 70.2 Å². The molecule has 0 N–H and O–H groups in total. The number of benzene rings is 8. The summed E-state index contributed by atoms with van der Waals surface area (Å²) in [6.07, 6.45) is 0. The Morgan fingerprint density at radius 3 is 1.23 bits per heavy atom. The molecule has 0 atom stereocenters. The van der Waals surface area contributed by atoms with Crippen molar-refractivity contribution in [1.29, 1.82) is 0 Å². The molecule has 0 spiro atoms. The summed E-state index contributed by atoms with van der Waals surface area (Å²) in [6.45, 7) is 0. The van der Waals surface area contributed by atoms with Crippen molar-refractivity contribution in [3.05, 3.63) is 182 Å². The fraction of sp³-hybridized carbons (Fsp3) is 0. The molecule has 238 valence electrons. The van der Waals surface area contributed by atoms with Gasteiger partial charge in [-0.3, -0.25) is 0 Å². The molecule has 2 heterocycles. The molecule has 0 saturated carbocycles. The smallest absolute Gasteiger partial charge is 0.113 e. The average Bonchev–Trinajstić information content (AvgIpc) is 3.71. The van der Waals surface area contributed by atoms with Gasteiger partial charge in [0.25, 0.3) is 0 Å². The predicted molar refractivity (Wildman–Crippen MR) is 222 cm³/mol. The normalized spacial score (nSPS) is 11.6. The van der Waals surface area contributed by atoms with E-state index in [1.54, 1.807) is 0 Å². The van der Waals surface area contributed by atoms with Gasteiger partial charge in [-0.15, -0.1) is 0 Å². The third kappa shape index (κ3) is 4.83. The number of hydrogen-bond acceptors (Lipinski definition) is 0. The molecule has 4 heteroatoms. The van der Waals surface area contributed by atoms with Crippen LogP contribution < -0.4 is 10.9 Å². The molecule has 2 nitrogen and oxygen atoms in total. The molecule has 0 amide bonds. The van der Waals surface area contributed by atoms with Crippen molar-refractivity contribution in [2.45, 2.75) is 0 Å². The van der Waals surface area contributed by atoms with Gasteiger partial charge in [-0.05, 0) is 88.0 Å². The molecule has 2 aromatic heterocycles. The highest BCUT2D eigenvalue weighted by molar-refractivity contribution is 6.35. The minimum absolute atomic E-state index is 0.732. The lowest BCUT2D eigenvalue weighted by molar-refractivity contribution is 1.18. The highest BCUT2D eigenvalue weighted by atomic mass is 15.0. The van der Waals surface area contributed by atoms with Gasteiger partial charge in [0.1, 0.15) is 15.7 Å². The molecular weight excluding hydrogens is 626 g/mol. The first kappa shape index (κ1) is 30.3. The summed E-state index contributed by atoms with van der Waals surface area (Å²) < 4.78 is 4.74. The summed E-state index contributed by atoms with van der Waals surface area (Å²) in [4.78, 5) is 0. The van der Waals surface area contributed by atoms with Crippen molar-refractivity contribution in [2.75, 3.05) is 0 Å². The van der Waals surface area contributed by atoms with Gasteiger partial charge >= 0.3 is 0 Å². The minimum Gasteiger partial charge on any atom is -0.309 e. The maximum absolute atomic E-state index is 6.57. The van der Waals surface area contributed by atoms with Gasteiger partial charge in [-0.2, -0.15) is 0 Å². The maximum atomic E-state index is 6.57. The second-order valence-electron chi connectivity index (χ2n) is 13.5. The maximum Gasteiger partial charge on any atom is 0.113 e. The van der Waals surface area contributed by atoms with Gasteiger partial charge in [0, 0.05) is 32.9 Å².